The number of carbonyl (C=O) groups is 1. The largest absolute Gasteiger partial charge is 0.481 e. The van der Waals surface area contributed by atoms with Crippen LogP contribution < -0.4 is 5.32 Å². The van der Waals surface area contributed by atoms with Crippen molar-refractivity contribution in [3.05, 3.63) is 29.8 Å². The van der Waals surface area contributed by atoms with E-state index in [0.29, 0.717) is 18.9 Å². The number of rotatable bonds is 7. The fraction of sp³-hybridized carbons (Fsp3) is 0.500. The van der Waals surface area contributed by atoms with Crippen LogP contribution in [0, 0.1) is 0 Å². The van der Waals surface area contributed by atoms with E-state index >= 15 is 0 Å². The maximum atomic E-state index is 10.3. The molecule has 0 saturated carbocycles. The van der Waals surface area contributed by atoms with Gasteiger partial charge >= 0.3 is 5.97 Å². The van der Waals surface area contributed by atoms with Crippen LogP contribution in [0.1, 0.15) is 44.6 Å². The first kappa shape index (κ1) is 13.6. The van der Waals surface area contributed by atoms with Gasteiger partial charge in [0.25, 0.3) is 0 Å². The molecule has 0 fully saturated rings. The molecule has 1 aromatic rings. The first-order valence-electron chi connectivity index (χ1n) is 6.19. The van der Waals surface area contributed by atoms with Crippen molar-refractivity contribution >= 4 is 11.7 Å². The Balaban J connectivity index is 2.38. The molecule has 0 amide bonds. The molecule has 0 heterocycles. The van der Waals surface area contributed by atoms with Gasteiger partial charge in [-0.2, -0.15) is 0 Å². The standard InChI is InChI=1S/C14H21NO2/c1-3-11(2)12-6-8-13(9-7-12)15-10-4-5-14(16)17/h6-9,11,15H,3-5,10H2,1-2H3,(H,16,17). The molecule has 0 saturated heterocycles. The topological polar surface area (TPSA) is 49.3 Å². The lowest BCUT2D eigenvalue weighted by atomic mass is 9.99. The summed E-state index contributed by atoms with van der Waals surface area (Å²) < 4.78 is 0. The number of carboxylic acid groups (broad SMARTS) is 1. The SMILES string of the molecule is CCC(C)c1ccc(NCCCC(=O)O)cc1. The van der Waals surface area contributed by atoms with E-state index in [4.69, 9.17) is 5.11 Å². The molecule has 0 radical (unpaired) electrons. The highest BCUT2D eigenvalue weighted by atomic mass is 16.4. The molecule has 0 aliphatic heterocycles. The number of benzene rings is 1. The normalized spacial score (nSPS) is 12.1. The van der Waals surface area contributed by atoms with Gasteiger partial charge in [-0.3, -0.25) is 4.79 Å². The van der Waals surface area contributed by atoms with E-state index in [9.17, 15) is 4.79 Å². The summed E-state index contributed by atoms with van der Waals surface area (Å²) in [6.45, 7) is 5.10. The number of nitrogens with one attached hydrogen (secondary N) is 1. The first-order chi connectivity index (χ1) is 8.13. The second-order valence-corrected chi connectivity index (χ2v) is 4.36. The highest BCUT2D eigenvalue weighted by Crippen LogP contribution is 2.20. The van der Waals surface area contributed by atoms with Crippen molar-refractivity contribution in [2.75, 3.05) is 11.9 Å². The molecule has 0 bridgehead atoms. The highest BCUT2D eigenvalue weighted by Gasteiger charge is 2.02. The lowest BCUT2D eigenvalue weighted by Crippen LogP contribution is -2.04. The Morgan fingerprint density at radius 1 is 1.35 bits per heavy atom. The molecule has 3 nitrogen and oxygen atoms in total. The number of anilines is 1. The zero-order valence-corrected chi connectivity index (χ0v) is 10.6. The van der Waals surface area contributed by atoms with Crippen molar-refractivity contribution in [2.24, 2.45) is 0 Å². The summed E-state index contributed by atoms with van der Waals surface area (Å²) in [6.07, 6.45) is 2.02. The van der Waals surface area contributed by atoms with E-state index < -0.39 is 5.97 Å². The minimum Gasteiger partial charge on any atom is -0.481 e. The zero-order chi connectivity index (χ0) is 12.7. The predicted molar refractivity (Wildman–Crippen MR) is 70.5 cm³/mol. The summed E-state index contributed by atoms with van der Waals surface area (Å²) in [5.41, 5.74) is 2.41. The van der Waals surface area contributed by atoms with Crippen LogP contribution in [0.15, 0.2) is 24.3 Å². The molecule has 17 heavy (non-hydrogen) atoms. The highest BCUT2D eigenvalue weighted by molar-refractivity contribution is 5.66. The second kappa shape index (κ2) is 6.94. The smallest absolute Gasteiger partial charge is 0.303 e. The average molecular weight is 235 g/mol. The first-order valence-corrected chi connectivity index (χ1v) is 6.19. The Labute approximate surface area is 103 Å². The quantitative estimate of drug-likeness (QED) is 0.711. The van der Waals surface area contributed by atoms with Crippen LogP contribution in [0.3, 0.4) is 0 Å². The van der Waals surface area contributed by atoms with Crippen molar-refractivity contribution in [2.45, 2.75) is 39.0 Å². The Morgan fingerprint density at radius 2 is 2.00 bits per heavy atom. The maximum Gasteiger partial charge on any atom is 0.303 e. The molecular weight excluding hydrogens is 214 g/mol. The van der Waals surface area contributed by atoms with Gasteiger partial charge in [-0.25, -0.2) is 0 Å². The predicted octanol–water partition coefficient (Wildman–Crippen LogP) is 3.48. The summed E-state index contributed by atoms with van der Waals surface area (Å²) in [6, 6.07) is 8.38. The van der Waals surface area contributed by atoms with Gasteiger partial charge in [-0.1, -0.05) is 26.0 Å². The summed E-state index contributed by atoms with van der Waals surface area (Å²) in [5, 5.41) is 11.7. The van der Waals surface area contributed by atoms with Gasteiger partial charge in [-0.05, 0) is 36.5 Å². The average Bonchev–Trinajstić information content (AvgIpc) is 2.34. The summed E-state index contributed by atoms with van der Waals surface area (Å²) in [4.78, 5) is 10.3. The van der Waals surface area contributed by atoms with E-state index in [1.807, 2.05) is 0 Å². The minimum atomic E-state index is -0.737. The molecule has 1 atom stereocenters. The van der Waals surface area contributed by atoms with Gasteiger partial charge in [0.05, 0.1) is 0 Å². The molecule has 0 aliphatic carbocycles. The van der Waals surface area contributed by atoms with Crippen molar-refractivity contribution in [1.82, 2.24) is 0 Å². The third-order valence-corrected chi connectivity index (χ3v) is 2.99. The third-order valence-electron chi connectivity index (χ3n) is 2.99. The minimum absolute atomic E-state index is 0.220. The fourth-order valence-electron chi connectivity index (χ4n) is 1.64. The summed E-state index contributed by atoms with van der Waals surface area (Å²) in [5.74, 6) is -0.144. The van der Waals surface area contributed by atoms with Crippen LogP contribution in [-0.4, -0.2) is 17.6 Å². The number of carboxylic acids is 1. The molecule has 3 heteroatoms. The van der Waals surface area contributed by atoms with E-state index in [2.05, 4.69) is 43.4 Å². The Morgan fingerprint density at radius 3 is 2.53 bits per heavy atom. The maximum absolute atomic E-state index is 10.3. The Hall–Kier alpha value is -1.51. The molecule has 1 unspecified atom stereocenters. The van der Waals surface area contributed by atoms with E-state index in [0.717, 1.165) is 12.1 Å². The van der Waals surface area contributed by atoms with Crippen LogP contribution in [0.5, 0.6) is 0 Å². The van der Waals surface area contributed by atoms with Crippen LogP contribution in [0.25, 0.3) is 0 Å². The van der Waals surface area contributed by atoms with E-state index in [1.165, 1.54) is 5.56 Å². The number of hydrogen-bond donors (Lipinski definition) is 2. The van der Waals surface area contributed by atoms with Gasteiger partial charge in [0.1, 0.15) is 0 Å². The van der Waals surface area contributed by atoms with Gasteiger partial charge in [-0.15, -0.1) is 0 Å². The molecule has 0 spiro atoms. The summed E-state index contributed by atoms with van der Waals surface area (Å²) >= 11 is 0. The van der Waals surface area contributed by atoms with Crippen molar-refractivity contribution in [1.29, 1.82) is 0 Å². The molecule has 1 rings (SSSR count). The summed E-state index contributed by atoms with van der Waals surface area (Å²) in [7, 11) is 0. The molecule has 2 N–H and O–H groups in total. The Kier molecular flexibility index (Phi) is 5.53. The van der Waals surface area contributed by atoms with E-state index in [-0.39, 0.29) is 6.42 Å². The molecule has 0 aromatic heterocycles. The lowest BCUT2D eigenvalue weighted by Gasteiger charge is -2.10. The third kappa shape index (κ3) is 4.89. The molecule has 1 aromatic carbocycles. The Bertz CT molecular complexity index is 346. The fourth-order valence-corrected chi connectivity index (χ4v) is 1.64. The molecule has 0 aliphatic rings. The van der Waals surface area contributed by atoms with Crippen molar-refractivity contribution < 1.29 is 9.90 Å². The molecular formula is C14H21NO2. The van der Waals surface area contributed by atoms with Crippen LogP contribution in [0.2, 0.25) is 0 Å². The second-order valence-electron chi connectivity index (χ2n) is 4.36. The van der Waals surface area contributed by atoms with Crippen LogP contribution >= 0.6 is 0 Å². The lowest BCUT2D eigenvalue weighted by molar-refractivity contribution is -0.137. The van der Waals surface area contributed by atoms with Gasteiger partial charge in [0.2, 0.25) is 0 Å². The van der Waals surface area contributed by atoms with Gasteiger partial charge in [0.15, 0.2) is 0 Å². The van der Waals surface area contributed by atoms with Crippen LogP contribution in [0.4, 0.5) is 5.69 Å². The van der Waals surface area contributed by atoms with E-state index in [1.54, 1.807) is 0 Å². The monoisotopic (exact) mass is 235 g/mol. The van der Waals surface area contributed by atoms with Crippen molar-refractivity contribution in [3.8, 4) is 0 Å². The van der Waals surface area contributed by atoms with Gasteiger partial charge < -0.3 is 10.4 Å². The molecule has 94 valence electrons. The number of aliphatic carboxylic acids is 1. The van der Waals surface area contributed by atoms with Crippen molar-refractivity contribution in [3.63, 3.8) is 0 Å². The van der Waals surface area contributed by atoms with Crippen LogP contribution in [-0.2, 0) is 4.79 Å². The van der Waals surface area contributed by atoms with Gasteiger partial charge in [0, 0.05) is 18.7 Å². The zero-order valence-electron chi connectivity index (χ0n) is 10.6. The number of hydrogen-bond acceptors (Lipinski definition) is 2.